The highest BCUT2D eigenvalue weighted by molar-refractivity contribution is 9.10. The largest absolute Gasteiger partial charge is 0.325 e. The van der Waals surface area contributed by atoms with Crippen LogP contribution in [-0.2, 0) is 14.8 Å². The van der Waals surface area contributed by atoms with Crippen LogP contribution in [-0.4, -0.2) is 20.2 Å². The van der Waals surface area contributed by atoms with Crippen LogP contribution in [0, 0.1) is 0 Å². The molecule has 0 spiro atoms. The molecule has 0 aliphatic rings. The quantitative estimate of drug-likeness (QED) is 0.640. The average Bonchev–Trinajstić information content (AvgIpc) is 2.56. The zero-order valence-corrected chi connectivity index (χ0v) is 16.4. The molecule has 0 saturated heterocycles. The number of anilines is 2. The molecule has 0 atom stereocenters. The summed E-state index contributed by atoms with van der Waals surface area (Å²) >= 11 is 3.31. The SMILES string of the molecule is CCCC(=O)Nc1ccc(Br)cc1C(=O)Nc1ccc(S(N)(=O)=O)cc1. The summed E-state index contributed by atoms with van der Waals surface area (Å²) in [5, 5.41) is 10.4. The third-order valence-corrected chi connectivity index (χ3v) is 4.84. The van der Waals surface area contributed by atoms with E-state index in [-0.39, 0.29) is 16.4 Å². The number of carbonyl (C=O) groups excluding carboxylic acids is 2. The number of halogens is 1. The molecule has 2 aromatic rings. The Morgan fingerprint density at radius 1 is 1.08 bits per heavy atom. The summed E-state index contributed by atoms with van der Waals surface area (Å²) in [7, 11) is -3.80. The summed E-state index contributed by atoms with van der Waals surface area (Å²) in [6.07, 6.45) is 1.05. The van der Waals surface area contributed by atoms with E-state index >= 15 is 0 Å². The fourth-order valence-corrected chi connectivity index (χ4v) is 3.06. The maximum atomic E-state index is 12.6. The van der Waals surface area contributed by atoms with Gasteiger partial charge >= 0.3 is 0 Å². The van der Waals surface area contributed by atoms with Crippen LogP contribution in [0.1, 0.15) is 30.1 Å². The molecular weight excluding hydrogens is 422 g/mol. The van der Waals surface area contributed by atoms with Gasteiger partial charge in [0, 0.05) is 16.6 Å². The van der Waals surface area contributed by atoms with Gasteiger partial charge in [0.05, 0.1) is 16.1 Å². The number of hydrogen-bond acceptors (Lipinski definition) is 4. The van der Waals surface area contributed by atoms with Gasteiger partial charge in [0.15, 0.2) is 0 Å². The Morgan fingerprint density at radius 2 is 1.73 bits per heavy atom. The van der Waals surface area contributed by atoms with Crippen molar-refractivity contribution in [2.45, 2.75) is 24.7 Å². The Hall–Kier alpha value is -2.23. The fourth-order valence-electron chi connectivity index (χ4n) is 2.18. The minimum atomic E-state index is -3.80. The monoisotopic (exact) mass is 439 g/mol. The molecule has 0 unspecified atom stereocenters. The van der Waals surface area contributed by atoms with E-state index in [1.165, 1.54) is 24.3 Å². The number of amides is 2. The van der Waals surface area contributed by atoms with Crippen LogP contribution >= 0.6 is 15.9 Å². The number of hydrogen-bond donors (Lipinski definition) is 3. The molecule has 9 heteroatoms. The van der Waals surface area contributed by atoms with Gasteiger partial charge in [-0.2, -0.15) is 0 Å². The molecule has 2 aromatic carbocycles. The first kappa shape index (κ1) is 20.1. The van der Waals surface area contributed by atoms with Gasteiger partial charge in [0.25, 0.3) is 5.91 Å². The van der Waals surface area contributed by atoms with Crippen LogP contribution in [0.5, 0.6) is 0 Å². The number of rotatable bonds is 6. The van der Waals surface area contributed by atoms with E-state index in [1.54, 1.807) is 18.2 Å². The van der Waals surface area contributed by atoms with Crippen molar-refractivity contribution in [1.29, 1.82) is 0 Å². The number of primary sulfonamides is 1. The molecule has 26 heavy (non-hydrogen) atoms. The second-order valence-corrected chi connectivity index (χ2v) is 7.99. The fraction of sp³-hybridized carbons (Fsp3) is 0.176. The third kappa shape index (κ3) is 5.38. The minimum absolute atomic E-state index is 0.0505. The highest BCUT2D eigenvalue weighted by Crippen LogP contribution is 2.23. The Labute approximate surface area is 160 Å². The van der Waals surface area contributed by atoms with Crippen molar-refractivity contribution in [3.8, 4) is 0 Å². The van der Waals surface area contributed by atoms with E-state index in [1.807, 2.05) is 6.92 Å². The van der Waals surface area contributed by atoms with Gasteiger partial charge in [-0.05, 0) is 48.9 Å². The zero-order valence-electron chi connectivity index (χ0n) is 14.0. The Morgan fingerprint density at radius 3 is 2.31 bits per heavy atom. The van der Waals surface area contributed by atoms with E-state index in [0.29, 0.717) is 28.7 Å². The smallest absolute Gasteiger partial charge is 0.257 e. The van der Waals surface area contributed by atoms with Gasteiger partial charge in [0.1, 0.15) is 0 Å². The summed E-state index contributed by atoms with van der Waals surface area (Å²) in [6, 6.07) is 10.4. The second-order valence-electron chi connectivity index (χ2n) is 5.51. The summed E-state index contributed by atoms with van der Waals surface area (Å²) in [6.45, 7) is 1.89. The van der Waals surface area contributed by atoms with Crippen molar-refractivity contribution < 1.29 is 18.0 Å². The maximum absolute atomic E-state index is 12.6. The van der Waals surface area contributed by atoms with Gasteiger partial charge in [-0.3, -0.25) is 9.59 Å². The predicted octanol–water partition coefficient (Wildman–Crippen LogP) is 3.09. The lowest BCUT2D eigenvalue weighted by Crippen LogP contribution is -2.18. The highest BCUT2D eigenvalue weighted by atomic mass is 79.9. The van der Waals surface area contributed by atoms with E-state index in [0.717, 1.165) is 0 Å². The number of benzene rings is 2. The van der Waals surface area contributed by atoms with Crippen LogP contribution in [0.2, 0.25) is 0 Å². The van der Waals surface area contributed by atoms with Crippen molar-refractivity contribution in [1.82, 2.24) is 0 Å². The summed E-state index contributed by atoms with van der Waals surface area (Å²) in [4.78, 5) is 24.4. The van der Waals surface area contributed by atoms with E-state index < -0.39 is 15.9 Å². The highest BCUT2D eigenvalue weighted by Gasteiger charge is 2.15. The molecule has 0 aromatic heterocycles. The molecule has 0 aliphatic heterocycles. The molecule has 0 fully saturated rings. The first-order chi connectivity index (χ1) is 12.2. The lowest BCUT2D eigenvalue weighted by molar-refractivity contribution is -0.116. The third-order valence-electron chi connectivity index (χ3n) is 3.42. The molecule has 4 N–H and O–H groups in total. The van der Waals surface area contributed by atoms with Crippen molar-refractivity contribution in [2.24, 2.45) is 5.14 Å². The van der Waals surface area contributed by atoms with Crippen molar-refractivity contribution in [3.05, 3.63) is 52.5 Å². The van der Waals surface area contributed by atoms with Crippen molar-refractivity contribution in [2.75, 3.05) is 10.6 Å². The molecule has 138 valence electrons. The number of carbonyl (C=O) groups is 2. The molecule has 2 rings (SSSR count). The molecule has 0 radical (unpaired) electrons. The van der Waals surface area contributed by atoms with Crippen LogP contribution in [0.4, 0.5) is 11.4 Å². The van der Waals surface area contributed by atoms with E-state index in [2.05, 4.69) is 26.6 Å². The van der Waals surface area contributed by atoms with Crippen LogP contribution in [0.15, 0.2) is 51.8 Å². The molecular formula is C17H18BrN3O4S. The number of nitrogens with one attached hydrogen (secondary N) is 2. The van der Waals surface area contributed by atoms with Gasteiger partial charge in [-0.1, -0.05) is 22.9 Å². The summed E-state index contributed by atoms with van der Waals surface area (Å²) in [5.41, 5.74) is 1.07. The summed E-state index contributed by atoms with van der Waals surface area (Å²) in [5.74, 6) is -0.622. The molecule has 2 amide bonds. The van der Waals surface area contributed by atoms with E-state index in [4.69, 9.17) is 5.14 Å². The topological polar surface area (TPSA) is 118 Å². The standard InChI is InChI=1S/C17H18BrN3O4S/c1-2-3-16(22)21-15-9-4-11(18)10-14(15)17(23)20-12-5-7-13(8-6-12)26(19,24)25/h4-10H,2-3H2,1H3,(H,20,23)(H,21,22)(H2,19,24,25). The average molecular weight is 440 g/mol. The number of sulfonamides is 1. The number of nitrogens with two attached hydrogens (primary N) is 1. The van der Waals surface area contributed by atoms with Crippen LogP contribution < -0.4 is 15.8 Å². The molecule has 0 bridgehead atoms. The molecule has 0 aliphatic carbocycles. The molecule has 0 heterocycles. The lowest BCUT2D eigenvalue weighted by Gasteiger charge is -2.12. The molecule has 7 nitrogen and oxygen atoms in total. The summed E-state index contributed by atoms with van der Waals surface area (Å²) < 4.78 is 23.2. The van der Waals surface area contributed by atoms with Crippen molar-refractivity contribution in [3.63, 3.8) is 0 Å². The van der Waals surface area contributed by atoms with Gasteiger partial charge < -0.3 is 10.6 Å². The van der Waals surface area contributed by atoms with Crippen LogP contribution in [0.25, 0.3) is 0 Å². The second kappa shape index (κ2) is 8.43. The van der Waals surface area contributed by atoms with Gasteiger partial charge in [0.2, 0.25) is 15.9 Å². The van der Waals surface area contributed by atoms with Crippen LogP contribution in [0.3, 0.4) is 0 Å². The van der Waals surface area contributed by atoms with E-state index in [9.17, 15) is 18.0 Å². The van der Waals surface area contributed by atoms with Crippen molar-refractivity contribution >= 4 is 49.1 Å². The Balaban J connectivity index is 2.23. The van der Waals surface area contributed by atoms with Gasteiger partial charge in [-0.25, -0.2) is 13.6 Å². The zero-order chi connectivity index (χ0) is 19.3. The predicted molar refractivity (Wildman–Crippen MR) is 103 cm³/mol. The minimum Gasteiger partial charge on any atom is -0.325 e. The molecule has 0 saturated carbocycles. The maximum Gasteiger partial charge on any atom is 0.257 e. The van der Waals surface area contributed by atoms with Gasteiger partial charge in [-0.15, -0.1) is 0 Å². The normalized spacial score (nSPS) is 11.0. The Kier molecular flexibility index (Phi) is 6.52. The Bertz CT molecular complexity index is 928. The lowest BCUT2D eigenvalue weighted by atomic mass is 10.1. The first-order valence-electron chi connectivity index (χ1n) is 7.74. The first-order valence-corrected chi connectivity index (χ1v) is 10.1.